The van der Waals surface area contributed by atoms with Gasteiger partial charge in [-0.15, -0.1) is 0 Å². The normalized spacial score (nSPS) is 24.1. The van der Waals surface area contributed by atoms with Crippen molar-refractivity contribution in [3.8, 4) is 0 Å². The molecule has 2 fully saturated rings. The number of hydrogen-bond donors (Lipinski definition) is 2. The standard InChI is InChI=1S/C13H17N3O/c17-13-15-8-9-16(13)12-6-2-1-4-10(12)11-5-3-7-14-11/h1-2,4,6,11,14H,3,5,7-9H2,(H,15,17). The quantitative estimate of drug-likeness (QED) is 0.812. The van der Waals surface area contributed by atoms with Crippen LogP contribution in [-0.4, -0.2) is 25.7 Å². The Morgan fingerprint density at radius 3 is 2.82 bits per heavy atom. The molecule has 0 bridgehead atoms. The van der Waals surface area contributed by atoms with Crippen molar-refractivity contribution < 1.29 is 4.79 Å². The lowest BCUT2D eigenvalue weighted by molar-refractivity contribution is 0.252. The summed E-state index contributed by atoms with van der Waals surface area (Å²) in [6, 6.07) is 8.64. The van der Waals surface area contributed by atoms with Crippen molar-refractivity contribution >= 4 is 11.7 Å². The zero-order valence-electron chi connectivity index (χ0n) is 9.78. The molecule has 2 aliphatic rings. The van der Waals surface area contributed by atoms with Crippen LogP contribution in [0.15, 0.2) is 24.3 Å². The van der Waals surface area contributed by atoms with E-state index in [2.05, 4.69) is 16.7 Å². The summed E-state index contributed by atoms with van der Waals surface area (Å²) < 4.78 is 0. The maximum atomic E-state index is 11.7. The van der Waals surface area contributed by atoms with E-state index in [1.807, 2.05) is 23.1 Å². The van der Waals surface area contributed by atoms with Gasteiger partial charge in [0.25, 0.3) is 0 Å². The van der Waals surface area contributed by atoms with Crippen LogP contribution in [0.3, 0.4) is 0 Å². The van der Waals surface area contributed by atoms with Gasteiger partial charge < -0.3 is 10.6 Å². The Morgan fingerprint density at radius 1 is 1.24 bits per heavy atom. The van der Waals surface area contributed by atoms with E-state index < -0.39 is 0 Å². The van der Waals surface area contributed by atoms with Gasteiger partial charge in [0.1, 0.15) is 0 Å². The summed E-state index contributed by atoms with van der Waals surface area (Å²) in [6.07, 6.45) is 2.37. The van der Waals surface area contributed by atoms with E-state index in [1.54, 1.807) is 0 Å². The van der Waals surface area contributed by atoms with Crippen LogP contribution in [0.1, 0.15) is 24.4 Å². The summed E-state index contributed by atoms with van der Waals surface area (Å²) in [6.45, 7) is 2.58. The molecule has 0 saturated carbocycles. The third-order valence-electron chi connectivity index (χ3n) is 3.52. The Balaban J connectivity index is 1.95. The molecule has 4 heteroatoms. The molecule has 2 heterocycles. The second-order valence-electron chi connectivity index (χ2n) is 4.59. The zero-order chi connectivity index (χ0) is 11.7. The third kappa shape index (κ3) is 1.89. The second kappa shape index (κ2) is 4.37. The minimum Gasteiger partial charge on any atom is -0.336 e. The van der Waals surface area contributed by atoms with Crippen LogP contribution >= 0.6 is 0 Å². The van der Waals surface area contributed by atoms with Gasteiger partial charge in [0.2, 0.25) is 0 Å². The number of anilines is 1. The Hall–Kier alpha value is -1.55. The van der Waals surface area contributed by atoms with Crippen LogP contribution in [-0.2, 0) is 0 Å². The number of nitrogens with zero attached hydrogens (tertiary/aromatic N) is 1. The molecule has 2 aliphatic heterocycles. The van der Waals surface area contributed by atoms with Crippen LogP contribution in [0.5, 0.6) is 0 Å². The van der Waals surface area contributed by atoms with Gasteiger partial charge in [-0.2, -0.15) is 0 Å². The van der Waals surface area contributed by atoms with Crippen LogP contribution in [0.2, 0.25) is 0 Å². The summed E-state index contributed by atoms with van der Waals surface area (Å²) in [5.74, 6) is 0. The van der Waals surface area contributed by atoms with Gasteiger partial charge in [0.15, 0.2) is 0 Å². The first kappa shape index (κ1) is 10.6. The average molecular weight is 231 g/mol. The monoisotopic (exact) mass is 231 g/mol. The van der Waals surface area contributed by atoms with Gasteiger partial charge in [0.05, 0.1) is 5.69 Å². The predicted octanol–water partition coefficient (Wildman–Crippen LogP) is 1.64. The van der Waals surface area contributed by atoms with Gasteiger partial charge in [-0.05, 0) is 31.0 Å². The number of nitrogens with one attached hydrogen (secondary N) is 2. The minimum atomic E-state index is 0.0236. The SMILES string of the molecule is O=C1NCCN1c1ccccc1C1CCCN1. The molecular weight excluding hydrogens is 214 g/mol. The van der Waals surface area contributed by atoms with E-state index in [0.29, 0.717) is 6.04 Å². The number of urea groups is 1. The summed E-state index contributed by atoms with van der Waals surface area (Å²) in [5, 5.41) is 6.35. The fourth-order valence-corrected chi connectivity index (χ4v) is 2.68. The lowest BCUT2D eigenvalue weighted by Gasteiger charge is -2.22. The fourth-order valence-electron chi connectivity index (χ4n) is 2.68. The van der Waals surface area contributed by atoms with E-state index in [4.69, 9.17) is 0 Å². The van der Waals surface area contributed by atoms with Gasteiger partial charge in [-0.25, -0.2) is 4.79 Å². The molecule has 0 radical (unpaired) electrons. The van der Waals surface area contributed by atoms with Crippen molar-refractivity contribution in [2.45, 2.75) is 18.9 Å². The lowest BCUT2D eigenvalue weighted by Crippen LogP contribution is -2.29. The summed E-state index contributed by atoms with van der Waals surface area (Å²) >= 11 is 0. The highest BCUT2D eigenvalue weighted by atomic mass is 16.2. The van der Waals surface area contributed by atoms with E-state index >= 15 is 0 Å². The van der Waals surface area contributed by atoms with E-state index in [1.165, 1.54) is 12.0 Å². The highest BCUT2D eigenvalue weighted by Crippen LogP contribution is 2.31. The third-order valence-corrected chi connectivity index (χ3v) is 3.52. The number of carbonyl (C=O) groups excluding carboxylic acids is 1. The van der Waals surface area contributed by atoms with Crippen molar-refractivity contribution in [1.29, 1.82) is 0 Å². The predicted molar refractivity (Wildman–Crippen MR) is 67.2 cm³/mol. The first-order chi connectivity index (χ1) is 8.36. The molecule has 1 atom stereocenters. The van der Waals surface area contributed by atoms with Crippen molar-refractivity contribution in [1.82, 2.24) is 10.6 Å². The average Bonchev–Trinajstić information content (AvgIpc) is 3.00. The number of hydrogen-bond acceptors (Lipinski definition) is 2. The highest BCUT2D eigenvalue weighted by Gasteiger charge is 2.26. The topological polar surface area (TPSA) is 44.4 Å². The molecule has 1 aromatic carbocycles. The molecule has 2 saturated heterocycles. The van der Waals surface area contributed by atoms with E-state index in [0.717, 1.165) is 31.7 Å². The van der Waals surface area contributed by atoms with Gasteiger partial charge in [-0.3, -0.25) is 4.90 Å². The zero-order valence-corrected chi connectivity index (χ0v) is 9.78. The minimum absolute atomic E-state index is 0.0236. The first-order valence-corrected chi connectivity index (χ1v) is 6.24. The van der Waals surface area contributed by atoms with E-state index in [9.17, 15) is 4.79 Å². The smallest absolute Gasteiger partial charge is 0.322 e. The Bertz CT molecular complexity index is 426. The van der Waals surface area contributed by atoms with Crippen LogP contribution in [0, 0.1) is 0 Å². The summed E-state index contributed by atoms with van der Waals surface area (Å²) in [5.41, 5.74) is 2.31. The van der Waals surface area contributed by atoms with Crippen molar-refractivity contribution in [3.05, 3.63) is 29.8 Å². The Labute approximate surface area is 101 Å². The molecular formula is C13H17N3O. The lowest BCUT2D eigenvalue weighted by atomic mass is 10.0. The van der Waals surface area contributed by atoms with Gasteiger partial charge >= 0.3 is 6.03 Å². The molecule has 1 aromatic rings. The van der Waals surface area contributed by atoms with Crippen molar-refractivity contribution in [2.75, 3.05) is 24.5 Å². The summed E-state index contributed by atoms with van der Waals surface area (Å²) in [4.78, 5) is 13.6. The van der Waals surface area contributed by atoms with Gasteiger partial charge in [0, 0.05) is 19.1 Å². The largest absolute Gasteiger partial charge is 0.336 e. The molecule has 17 heavy (non-hydrogen) atoms. The molecule has 0 aliphatic carbocycles. The Kier molecular flexibility index (Phi) is 2.73. The molecule has 2 N–H and O–H groups in total. The van der Waals surface area contributed by atoms with Gasteiger partial charge in [-0.1, -0.05) is 18.2 Å². The number of rotatable bonds is 2. The molecule has 4 nitrogen and oxygen atoms in total. The van der Waals surface area contributed by atoms with Crippen molar-refractivity contribution in [2.24, 2.45) is 0 Å². The van der Waals surface area contributed by atoms with Crippen LogP contribution < -0.4 is 15.5 Å². The maximum Gasteiger partial charge on any atom is 0.322 e. The molecule has 1 unspecified atom stereocenters. The number of amides is 2. The van der Waals surface area contributed by atoms with E-state index in [-0.39, 0.29) is 6.03 Å². The molecule has 3 rings (SSSR count). The van der Waals surface area contributed by atoms with Crippen LogP contribution in [0.4, 0.5) is 10.5 Å². The molecule has 0 aromatic heterocycles. The first-order valence-electron chi connectivity index (χ1n) is 6.24. The second-order valence-corrected chi connectivity index (χ2v) is 4.59. The maximum absolute atomic E-state index is 11.7. The number of para-hydroxylation sites is 1. The Morgan fingerprint density at radius 2 is 2.12 bits per heavy atom. The molecule has 0 spiro atoms. The highest BCUT2D eigenvalue weighted by molar-refractivity contribution is 5.94. The fraction of sp³-hybridized carbons (Fsp3) is 0.462. The number of carbonyl (C=O) groups is 1. The van der Waals surface area contributed by atoms with Crippen LogP contribution in [0.25, 0.3) is 0 Å². The number of benzene rings is 1. The molecule has 90 valence electrons. The van der Waals surface area contributed by atoms with Crippen molar-refractivity contribution in [3.63, 3.8) is 0 Å². The molecule has 2 amide bonds. The summed E-state index contributed by atoms with van der Waals surface area (Å²) in [7, 11) is 0.